The first kappa shape index (κ1) is 15.5. The van der Waals surface area contributed by atoms with E-state index in [9.17, 15) is 22.8 Å². The Labute approximate surface area is 96.6 Å². The standard InChI is InChI=1S/C9H15F3N2O3/c1-8(2,3)13-7(17)14(4-6(15)16)5-9(10,11)12/h4-5H2,1-3H3,(H,13,17)(H,15,16). The highest BCUT2D eigenvalue weighted by Crippen LogP contribution is 2.16. The number of amides is 2. The van der Waals surface area contributed by atoms with Crippen molar-refractivity contribution in [3.05, 3.63) is 0 Å². The second kappa shape index (κ2) is 5.24. The number of urea groups is 1. The maximum absolute atomic E-state index is 12.1. The Morgan fingerprint density at radius 2 is 1.71 bits per heavy atom. The normalized spacial score (nSPS) is 12.1. The number of hydrogen-bond donors (Lipinski definition) is 2. The summed E-state index contributed by atoms with van der Waals surface area (Å²) >= 11 is 0. The number of hydrogen-bond acceptors (Lipinski definition) is 2. The zero-order chi connectivity index (χ0) is 13.9. The molecule has 2 amide bonds. The molecule has 100 valence electrons. The van der Waals surface area contributed by atoms with Crippen molar-refractivity contribution in [3.63, 3.8) is 0 Å². The molecule has 17 heavy (non-hydrogen) atoms. The summed E-state index contributed by atoms with van der Waals surface area (Å²) in [5.41, 5.74) is -0.737. The van der Waals surface area contributed by atoms with E-state index >= 15 is 0 Å². The molecule has 0 aliphatic carbocycles. The number of alkyl halides is 3. The molecular formula is C9H15F3N2O3. The zero-order valence-corrected chi connectivity index (χ0v) is 9.76. The molecule has 0 aromatic heterocycles. The summed E-state index contributed by atoms with van der Waals surface area (Å²) in [6, 6.07) is -1.06. The Balaban J connectivity index is 4.68. The minimum atomic E-state index is -4.63. The van der Waals surface area contributed by atoms with E-state index in [1.54, 1.807) is 20.8 Å². The molecule has 0 radical (unpaired) electrons. The molecule has 2 N–H and O–H groups in total. The average Bonchev–Trinajstić information content (AvgIpc) is 1.95. The zero-order valence-electron chi connectivity index (χ0n) is 9.76. The van der Waals surface area contributed by atoms with Crippen molar-refractivity contribution in [1.82, 2.24) is 10.2 Å². The first-order chi connectivity index (χ1) is 7.41. The van der Waals surface area contributed by atoms with Gasteiger partial charge in [0.25, 0.3) is 0 Å². The highest BCUT2D eigenvalue weighted by Gasteiger charge is 2.34. The topological polar surface area (TPSA) is 69.6 Å². The number of aliphatic carboxylic acids is 1. The van der Waals surface area contributed by atoms with Crippen molar-refractivity contribution >= 4 is 12.0 Å². The lowest BCUT2D eigenvalue weighted by atomic mass is 10.1. The minimum absolute atomic E-state index is 0.202. The van der Waals surface area contributed by atoms with Gasteiger partial charge in [0.2, 0.25) is 0 Å². The first-order valence-corrected chi connectivity index (χ1v) is 4.76. The SMILES string of the molecule is CC(C)(C)NC(=O)N(CC(=O)O)CC(F)(F)F. The number of carboxylic acids is 1. The summed E-state index contributed by atoms with van der Waals surface area (Å²) < 4.78 is 36.4. The molecule has 5 nitrogen and oxygen atoms in total. The van der Waals surface area contributed by atoms with E-state index in [1.165, 1.54) is 0 Å². The van der Waals surface area contributed by atoms with Gasteiger partial charge in [0, 0.05) is 5.54 Å². The van der Waals surface area contributed by atoms with Crippen LogP contribution in [0.2, 0.25) is 0 Å². The Bertz CT molecular complexity index is 297. The fraction of sp³-hybridized carbons (Fsp3) is 0.778. The van der Waals surface area contributed by atoms with Crippen molar-refractivity contribution in [2.75, 3.05) is 13.1 Å². The van der Waals surface area contributed by atoms with Crippen molar-refractivity contribution in [1.29, 1.82) is 0 Å². The van der Waals surface area contributed by atoms with Crippen LogP contribution < -0.4 is 5.32 Å². The van der Waals surface area contributed by atoms with Gasteiger partial charge in [-0.05, 0) is 20.8 Å². The lowest BCUT2D eigenvalue weighted by Crippen LogP contribution is -2.52. The van der Waals surface area contributed by atoms with Gasteiger partial charge in [-0.2, -0.15) is 13.2 Å². The fourth-order valence-corrected chi connectivity index (χ4v) is 0.979. The van der Waals surface area contributed by atoms with Gasteiger partial charge >= 0.3 is 18.2 Å². The quantitative estimate of drug-likeness (QED) is 0.802. The number of nitrogens with zero attached hydrogens (tertiary/aromatic N) is 1. The number of carbonyl (C=O) groups excluding carboxylic acids is 1. The lowest BCUT2D eigenvalue weighted by molar-refractivity contribution is -0.149. The Kier molecular flexibility index (Phi) is 4.79. The smallest absolute Gasteiger partial charge is 0.406 e. The average molecular weight is 256 g/mol. The van der Waals surface area contributed by atoms with Gasteiger partial charge in [0.15, 0.2) is 0 Å². The second-order valence-electron chi connectivity index (χ2n) is 4.55. The first-order valence-electron chi connectivity index (χ1n) is 4.76. The molecule has 0 atom stereocenters. The van der Waals surface area contributed by atoms with E-state index in [0.717, 1.165) is 0 Å². The molecule has 0 bridgehead atoms. The van der Waals surface area contributed by atoms with Crippen LogP contribution in [0.1, 0.15) is 20.8 Å². The van der Waals surface area contributed by atoms with Crippen LogP contribution in [0.25, 0.3) is 0 Å². The Hall–Kier alpha value is -1.47. The van der Waals surface area contributed by atoms with Crippen molar-refractivity contribution in [2.45, 2.75) is 32.5 Å². The highest BCUT2D eigenvalue weighted by molar-refractivity contribution is 5.80. The van der Waals surface area contributed by atoms with Gasteiger partial charge in [-0.1, -0.05) is 0 Å². The van der Waals surface area contributed by atoms with Crippen LogP contribution in [0.15, 0.2) is 0 Å². The molecule has 0 fully saturated rings. The number of rotatable bonds is 3. The minimum Gasteiger partial charge on any atom is -0.480 e. The third-order valence-electron chi connectivity index (χ3n) is 1.47. The van der Waals surface area contributed by atoms with Gasteiger partial charge < -0.3 is 15.3 Å². The van der Waals surface area contributed by atoms with E-state index < -0.39 is 36.8 Å². The third-order valence-corrected chi connectivity index (χ3v) is 1.47. The predicted octanol–water partition coefficient (Wildman–Crippen LogP) is 1.44. The molecule has 0 aromatic rings. The summed E-state index contributed by atoms with van der Waals surface area (Å²) in [5.74, 6) is -1.50. The molecule has 0 rings (SSSR count). The summed E-state index contributed by atoms with van der Waals surface area (Å²) in [4.78, 5) is 22.0. The van der Waals surface area contributed by atoms with E-state index in [2.05, 4.69) is 5.32 Å². The highest BCUT2D eigenvalue weighted by atomic mass is 19.4. The van der Waals surface area contributed by atoms with E-state index in [4.69, 9.17) is 5.11 Å². The monoisotopic (exact) mass is 256 g/mol. The maximum Gasteiger partial charge on any atom is 0.406 e. The van der Waals surface area contributed by atoms with Crippen LogP contribution in [0, 0.1) is 0 Å². The van der Waals surface area contributed by atoms with Crippen LogP contribution in [0.4, 0.5) is 18.0 Å². The molecule has 8 heteroatoms. The number of halogens is 3. The van der Waals surface area contributed by atoms with Crippen molar-refractivity contribution in [3.8, 4) is 0 Å². The predicted molar refractivity (Wildman–Crippen MR) is 53.5 cm³/mol. The largest absolute Gasteiger partial charge is 0.480 e. The summed E-state index contributed by atoms with van der Waals surface area (Å²) in [7, 11) is 0. The third kappa shape index (κ3) is 8.35. The molecule has 0 aliphatic heterocycles. The molecule has 0 unspecified atom stereocenters. The Morgan fingerprint density at radius 3 is 2.00 bits per heavy atom. The molecule has 0 aliphatic rings. The fourth-order valence-electron chi connectivity index (χ4n) is 0.979. The van der Waals surface area contributed by atoms with Gasteiger partial charge in [-0.15, -0.1) is 0 Å². The van der Waals surface area contributed by atoms with Gasteiger partial charge in [0.1, 0.15) is 13.1 Å². The second-order valence-corrected chi connectivity index (χ2v) is 4.55. The molecular weight excluding hydrogens is 241 g/mol. The molecule has 0 saturated heterocycles. The van der Waals surface area contributed by atoms with E-state index in [-0.39, 0.29) is 4.90 Å². The molecule has 0 aromatic carbocycles. The summed E-state index contributed by atoms with van der Waals surface area (Å²) in [6.07, 6.45) is -4.63. The van der Waals surface area contributed by atoms with Crippen LogP contribution >= 0.6 is 0 Å². The van der Waals surface area contributed by atoms with Crippen molar-refractivity contribution < 1.29 is 27.9 Å². The van der Waals surface area contributed by atoms with Crippen LogP contribution in [0.3, 0.4) is 0 Å². The van der Waals surface area contributed by atoms with Crippen LogP contribution in [-0.2, 0) is 4.79 Å². The summed E-state index contributed by atoms with van der Waals surface area (Å²) in [6.45, 7) is 2.15. The van der Waals surface area contributed by atoms with E-state index in [0.29, 0.717) is 0 Å². The summed E-state index contributed by atoms with van der Waals surface area (Å²) in [5, 5.41) is 10.7. The molecule has 0 heterocycles. The van der Waals surface area contributed by atoms with Gasteiger partial charge in [-0.3, -0.25) is 4.79 Å². The number of carboxylic acid groups (broad SMARTS) is 1. The van der Waals surface area contributed by atoms with Crippen molar-refractivity contribution in [2.24, 2.45) is 0 Å². The molecule has 0 spiro atoms. The Morgan fingerprint density at radius 1 is 1.24 bits per heavy atom. The van der Waals surface area contributed by atoms with E-state index in [1.807, 2.05) is 0 Å². The number of carbonyl (C=O) groups is 2. The number of nitrogens with one attached hydrogen (secondary N) is 1. The lowest BCUT2D eigenvalue weighted by Gasteiger charge is -2.27. The van der Waals surface area contributed by atoms with Crippen LogP contribution in [0.5, 0.6) is 0 Å². The van der Waals surface area contributed by atoms with Gasteiger partial charge in [0.05, 0.1) is 0 Å². The molecule has 0 saturated carbocycles. The maximum atomic E-state index is 12.1. The van der Waals surface area contributed by atoms with Crippen LogP contribution in [-0.4, -0.2) is 46.8 Å². The van der Waals surface area contributed by atoms with Gasteiger partial charge in [-0.25, -0.2) is 4.79 Å².